The van der Waals surface area contributed by atoms with Crippen molar-refractivity contribution in [2.75, 3.05) is 27.7 Å². The molecule has 0 spiro atoms. The van der Waals surface area contributed by atoms with Crippen LogP contribution in [-0.2, 0) is 0 Å². The number of carbonyl (C=O) groups excluding carboxylic acids is 1. The van der Waals surface area contributed by atoms with Gasteiger partial charge in [-0.25, -0.2) is 0 Å². The van der Waals surface area contributed by atoms with Crippen LogP contribution in [0.2, 0.25) is 0 Å². The van der Waals surface area contributed by atoms with Crippen LogP contribution in [0, 0.1) is 0 Å². The molecule has 0 aliphatic heterocycles. The maximum atomic E-state index is 12.5. The minimum absolute atomic E-state index is 0.0118. The molecular formula is C19H22N4O2. The predicted molar refractivity (Wildman–Crippen MR) is 97.8 cm³/mol. The number of carbonyl (C=O) groups is 1. The molecule has 6 heteroatoms. The van der Waals surface area contributed by atoms with Crippen LogP contribution in [-0.4, -0.2) is 48.8 Å². The molecule has 0 bridgehead atoms. The minimum atomic E-state index is -0.107. The van der Waals surface area contributed by atoms with Gasteiger partial charge >= 0.3 is 0 Å². The van der Waals surface area contributed by atoms with E-state index in [1.165, 1.54) is 0 Å². The third kappa shape index (κ3) is 3.64. The molecule has 25 heavy (non-hydrogen) atoms. The molecule has 3 aromatic rings. The van der Waals surface area contributed by atoms with Crippen molar-refractivity contribution in [3.63, 3.8) is 0 Å². The van der Waals surface area contributed by atoms with Gasteiger partial charge in [-0.1, -0.05) is 18.2 Å². The number of nitrogens with zero attached hydrogens (tertiary/aromatic N) is 2. The Hall–Kier alpha value is -2.86. The molecule has 2 N–H and O–H groups in total. The number of hydrogen-bond donors (Lipinski definition) is 2. The minimum Gasteiger partial charge on any atom is -0.496 e. The van der Waals surface area contributed by atoms with Crippen molar-refractivity contribution >= 4 is 16.8 Å². The first kappa shape index (κ1) is 17.0. The molecule has 3 rings (SSSR count). The first-order chi connectivity index (χ1) is 12.1. The van der Waals surface area contributed by atoms with E-state index in [0.717, 1.165) is 22.2 Å². The summed E-state index contributed by atoms with van der Waals surface area (Å²) in [6, 6.07) is 13.4. The number of likely N-dealkylation sites (N-methyl/N-ethyl adjacent to an activating group) is 1. The molecule has 0 radical (unpaired) electrons. The van der Waals surface area contributed by atoms with Crippen LogP contribution in [0.25, 0.3) is 10.9 Å². The van der Waals surface area contributed by atoms with Crippen LogP contribution >= 0.6 is 0 Å². The lowest BCUT2D eigenvalue weighted by molar-refractivity contribution is 0.0941. The van der Waals surface area contributed by atoms with Crippen LogP contribution in [0.4, 0.5) is 0 Å². The zero-order valence-electron chi connectivity index (χ0n) is 14.6. The second-order valence-corrected chi connectivity index (χ2v) is 6.10. The molecule has 1 atom stereocenters. The number of rotatable bonds is 6. The number of aromatic amines is 1. The van der Waals surface area contributed by atoms with E-state index in [1.54, 1.807) is 19.4 Å². The standard InChI is InChI=1S/C19H22N4O2/c1-23(2)17(15-6-4-5-7-18(15)25-3)12-20-19(24)13-8-9-16-14(10-13)11-21-22-16/h4-11,17H,12H2,1-3H3,(H,20,24)(H,21,22)/t17-/m1/s1. The monoisotopic (exact) mass is 338 g/mol. The van der Waals surface area contributed by atoms with Crippen molar-refractivity contribution in [1.29, 1.82) is 0 Å². The highest BCUT2D eigenvalue weighted by Gasteiger charge is 2.19. The number of hydrogen-bond acceptors (Lipinski definition) is 4. The molecule has 1 aromatic heterocycles. The Morgan fingerprint density at radius 2 is 2.08 bits per heavy atom. The summed E-state index contributed by atoms with van der Waals surface area (Å²) in [5.74, 6) is 0.708. The molecule has 6 nitrogen and oxygen atoms in total. The number of ether oxygens (including phenoxy) is 1. The molecular weight excluding hydrogens is 316 g/mol. The Bertz CT molecular complexity index is 872. The van der Waals surface area contributed by atoms with Gasteiger partial charge in [0.05, 0.1) is 24.9 Å². The summed E-state index contributed by atoms with van der Waals surface area (Å²) >= 11 is 0. The van der Waals surface area contributed by atoms with Crippen LogP contribution in [0.1, 0.15) is 22.0 Å². The van der Waals surface area contributed by atoms with Crippen molar-refractivity contribution in [2.45, 2.75) is 6.04 Å². The largest absolute Gasteiger partial charge is 0.496 e. The van der Waals surface area contributed by atoms with Crippen LogP contribution in [0.15, 0.2) is 48.7 Å². The van der Waals surface area contributed by atoms with E-state index in [4.69, 9.17) is 4.74 Å². The smallest absolute Gasteiger partial charge is 0.251 e. The van der Waals surface area contributed by atoms with E-state index in [-0.39, 0.29) is 11.9 Å². The zero-order valence-corrected chi connectivity index (χ0v) is 14.6. The second-order valence-electron chi connectivity index (χ2n) is 6.10. The van der Waals surface area contributed by atoms with Gasteiger partial charge in [-0.2, -0.15) is 5.10 Å². The Labute approximate surface area is 146 Å². The number of nitrogens with one attached hydrogen (secondary N) is 2. The summed E-state index contributed by atoms with van der Waals surface area (Å²) in [4.78, 5) is 14.6. The highest BCUT2D eigenvalue weighted by Crippen LogP contribution is 2.27. The molecule has 1 amide bonds. The maximum Gasteiger partial charge on any atom is 0.251 e. The molecule has 0 saturated heterocycles. The van der Waals surface area contributed by atoms with Crippen LogP contribution in [0.3, 0.4) is 0 Å². The summed E-state index contributed by atoms with van der Waals surface area (Å²) in [6.45, 7) is 0.482. The van der Waals surface area contributed by atoms with Gasteiger partial charge in [0.1, 0.15) is 5.75 Å². The topological polar surface area (TPSA) is 70.2 Å². The van der Waals surface area contributed by atoms with Gasteiger partial charge in [0.15, 0.2) is 0 Å². The van der Waals surface area contributed by atoms with Gasteiger partial charge < -0.3 is 15.0 Å². The Balaban J connectivity index is 1.75. The third-order valence-electron chi connectivity index (χ3n) is 4.28. The van der Waals surface area contributed by atoms with Crippen LogP contribution in [0.5, 0.6) is 5.75 Å². The molecule has 0 unspecified atom stereocenters. The Morgan fingerprint density at radius 3 is 2.84 bits per heavy atom. The van der Waals surface area contributed by atoms with Gasteiger partial charge in [-0.3, -0.25) is 9.89 Å². The van der Waals surface area contributed by atoms with Gasteiger partial charge in [0, 0.05) is 23.1 Å². The number of aromatic nitrogens is 2. The number of methoxy groups -OCH3 is 1. The first-order valence-electron chi connectivity index (χ1n) is 8.11. The Kier molecular flexibility index (Phi) is 5.00. The molecule has 2 aromatic carbocycles. The molecule has 1 heterocycles. The molecule has 0 aliphatic rings. The predicted octanol–water partition coefficient (Wildman–Crippen LogP) is 2.60. The van der Waals surface area contributed by atoms with Crippen molar-refractivity contribution in [2.24, 2.45) is 0 Å². The summed E-state index contributed by atoms with van der Waals surface area (Å²) in [6.07, 6.45) is 1.71. The highest BCUT2D eigenvalue weighted by molar-refractivity contribution is 5.97. The van der Waals surface area contributed by atoms with Crippen molar-refractivity contribution in [1.82, 2.24) is 20.4 Å². The third-order valence-corrected chi connectivity index (χ3v) is 4.28. The molecule has 0 saturated carbocycles. The number of para-hydroxylation sites is 1. The van der Waals surface area contributed by atoms with E-state index >= 15 is 0 Å². The summed E-state index contributed by atoms with van der Waals surface area (Å²) in [5.41, 5.74) is 2.57. The van der Waals surface area contributed by atoms with E-state index in [1.807, 2.05) is 50.5 Å². The number of fused-ring (bicyclic) bond motifs is 1. The summed E-state index contributed by atoms with van der Waals surface area (Å²) in [5, 5.41) is 10.8. The summed E-state index contributed by atoms with van der Waals surface area (Å²) in [7, 11) is 5.63. The number of benzene rings is 2. The second kappa shape index (κ2) is 7.36. The lowest BCUT2D eigenvalue weighted by Crippen LogP contribution is -2.34. The molecule has 0 fully saturated rings. The average molecular weight is 338 g/mol. The lowest BCUT2D eigenvalue weighted by atomic mass is 10.0. The van der Waals surface area contributed by atoms with Gasteiger partial charge in [0.2, 0.25) is 0 Å². The van der Waals surface area contributed by atoms with Crippen molar-refractivity contribution in [3.05, 3.63) is 59.8 Å². The number of amides is 1. The molecule has 130 valence electrons. The fourth-order valence-electron chi connectivity index (χ4n) is 2.89. The molecule has 0 aliphatic carbocycles. The average Bonchev–Trinajstić information content (AvgIpc) is 3.09. The van der Waals surface area contributed by atoms with E-state index in [2.05, 4.69) is 20.4 Å². The zero-order chi connectivity index (χ0) is 17.8. The number of H-pyrrole nitrogens is 1. The lowest BCUT2D eigenvalue weighted by Gasteiger charge is -2.26. The SMILES string of the molecule is COc1ccccc1[C@@H](CNC(=O)c1ccc2[nH]ncc2c1)N(C)C. The van der Waals surface area contributed by atoms with E-state index in [9.17, 15) is 4.79 Å². The fraction of sp³-hybridized carbons (Fsp3) is 0.263. The first-order valence-corrected chi connectivity index (χ1v) is 8.11. The quantitative estimate of drug-likeness (QED) is 0.725. The van der Waals surface area contributed by atoms with Gasteiger partial charge in [-0.05, 0) is 38.4 Å². The van der Waals surface area contributed by atoms with E-state index in [0.29, 0.717) is 12.1 Å². The van der Waals surface area contributed by atoms with Crippen molar-refractivity contribution < 1.29 is 9.53 Å². The van der Waals surface area contributed by atoms with Gasteiger partial charge in [0.25, 0.3) is 5.91 Å². The highest BCUT2D eigenvalue weighted by atomic mass is 16.5. The van der Waals surface area contributed by atoms with Crippen molar-refractivity contribution in [3.8, 4) is 5.75 Å². The normalized spacial score (nSPS) is 12.3. The fourth-order valence-corrected chi connectivity index (χ4v) is 2.89. The summed E-state index contributed by atoms with van der Waals surface area (Å²) < 4.78 is 5.46. The Morgan fingerprint density at radius 1 is 1.28 bits per heavy atom. The maximum absolute atomic E-state index is 12.5. The van der Waals surface area contributed by atoms with Crippen LogP contribution < -0.4 is 10.1 Å². The van der Waals surface area contributed by atoms with E-state index < -0.39 is 0 Å². The van der Waals surface area contributed by atoms with Gasteiger partial charge in [-0.15, -0.1) is 0 Å².